The van der Waals surface area contributed by atoms with E-state index in [1.165, 1.54) is 6.07 Å². The molecule has 1 N–H and O–H groups in total. The molecule has 116 valence electrons. The van der Waals surface area contributed by atoms with Crippen molar-refractivity contribution in [1.82, 2.24) is 5.32 Å². The van der Waals surface area contributed by atoms with Crippen molar-refractivity contribution in [2.45, 2.75) is 44.1 Å². The predicted molar refractivity (Wildman–Crippen MR) is 81.9 cm³/mol. The summed E-state index contributed by atoms with van der Waals surface area (Å²) in [5.74, 6) is -0.361. The van der Waals surface area contributed by atoms with Crippen LogP contribution in [0.2, 0.25) is 0 Å². The van der Waals surface area contributed by atoms with Gasteiger partial charge in [0.1, 0.15) is 11.4 Å². The van der Waals surface area contributed by atoms with E-state index in [2.05, 4.69) is 11.4 Å². The highest BCUT2D eigenvalue weighted by Gasteiger charge is 2.35. The third kappa shape index (κ3) is 2.92. The second-order valence-electron chi connectivity index (χ2n) is 6.25. The standard InChI is InChI=1S/C17H20FN3O/c18-14-5-6-15-13(10-14)4-3-9-21(15)11-16(22)20-17(12-19)7-1-2-8-17/h5-6,10H,1-4,7-9,11H2,(H,20,22). The fourth-order valence-electron chi connectivity index (χ4n) is 3.53. The Morgan fingerprint density at radius 2 is 2.14 bits per heavy atom. The van der Waals surface area contributed by atoms with Crippen LogP contribution in [-0.4, -0.2) is 24.5 Å². The monoisotopic (exact) mass is 301 g/mol. The highest BCUT2D eigenvalue weighted by molar-refractivity contribution is 5.83. The third-order valence-electron chi connectivity index (χ3n) is 4.64. The number of rotatable bonds is 3. The van der Waals surface area contributed by atoms with Crippen molar-refractivity contribution >= 4 is 11.6 Å². The highest BCUT2D eigenvalue weighted by Crippen LogP contribution is 2.30. The number of benzene rings is 1. The summed E-state index contributed by atoms with van der Waals surface area (Å²) in [5, 5.41) is 12.3. The zero-order chi connectivity index (χ0) is 15.6. The first-order valence-corrected chi connectivity index (χ1v) is 7.88. The number of hydrogen-bond acceptors (Lipinski definition) is 3. The first kappa shape index (κ1) is 14.8. The minimum Gasteiger partial charge on any atom is -0.362 e. The van der Waals surface area contributed by atoms with E-state index in [1.807, 2.05) is 4.90 Å². The van der Waals surface area contributed by atoms with Gasteiger partial charge in [-0.3, -0.25) is 4.79 Å². The molecule has 0 unspecified atom stereocenters. The van der Waals surface area contributed by atoms with Crippen LogP contribution in [0.15, 0.2) is 18.2 Å². The van der Waals surface area contributed by atoms with Gasteiger partial charge in [-0.2, -0.15) is 5.26 Å². The Hall–Kier alpha value is -2.09. The number of anilines is 1. The van der Waals surface area contributed by atoms with Crippen molar-refractivity contribution in [3.8, 4) is 6.07 Å². The van der Waals surface area contributed by atoms with Gasteiger partial charge in [0.25, 0.3) is 0 Å². The van der Waals surface area contributed by atoms with Crippen molar-refractivity contribution in [1.29, 1.82) is 5.26 Å². The Kier molecular flexibility index (Phi) is 4.02. The second-order valence-corrected chi connectivity index (χ2v) is 6.25. The summed E-state index contributed by atoms with van der Waals surface area (Å²) < 4.78 is 13.3. The summed E-state index contributed by atoms with van der Waals surface area (Å²) in [6, 6.07) is 7.00. The molecule has 1 aliphatic heterocycles. The lowest BCUT2D eigenvalue weighted by Gasteiger charge is -2.32. The van der Waals surface area contributed by atoms with E-state index >= 15 is 0 Å². The third-order valence-corrected chi connectivity index (χ3v) is 4.64. The summed E-state index contributed by atoms with van der Waals surface area (Å²) in [7, 11) is 0. The Labute approximate surface area is 129 Å². The number of nitrogens with zero attached hydrogens (tertiary/aromatic N) is 2. The van der Waals surface area contributed by atoms with Gasteiger partial charge in [-0.1, -0.05) is 0 Å². The molecule has 5 heteroatoms. The first-order chi connectivity index (χ1) is 10.6. The first-order valence-electron chi connectivity index (χ1n) is 7.88. The van der Waals surface area contributed by atoms with Crippen LogP contribution in [0.3, 0.4) is 0 Å². The molecular formula is C17H20FN3O. The van der Waals surface area contributed by atoms with Crippen molar-refractivity contribution in [3.63, 3.8) is 0 Å². The minimum absolute atomic E-state index is 0.124. The molecule has 2 aliphatic rings. The van der Waals surface area contributed by atoms with E-state index < -0.39 is 5.54 Å². The average molecular weight is 301 g/mol. The molecule has 0 atom stereocenters. The lowest BCUT2D eigenvalue weighted by atomic mass is 9.99. The van der Waals surface area contributed by atoms with Gasteiger partial charge in [-0.05, 0) is 62.3 Å². The minimum atomic E-state index is -0.682. The Morgan fingerprint density at radius 1 is 1.36 bits per heavy atom. The number of amides is 1. The van der Waals surface area contributed by atoms with Gasteiger partial charge in [0.2, 0.25) is 5.91 Å². The molecule has 0 saturated heterocycles. The fraction of sp³-hybridized carbons (Fsp3) is 0.529. The van der Waals surface area contributed by atoms with Crippen LogP contribution >= 0.6 is 0 Å². The quantitative estimate of drug-likeness (QED) is 0.933. The SMILES string of the molecule is N#CC1(NC(=O)CN2CCCc3cc(F)ccc32)CCCC1. The predicted octanol–water partition coefficient (Wildman–Crippen LogP) is 2.53. The Morgan fingerprint density at radius 3 is 2.86 bits per heavy atom. The summed E-state index contributed by atoms with van der Waals surface area (Å²) in [6.45, 7) is 1.01. The zero-order valence-electron chi connectivity index (χ0n) is 12.6. The van der Waals surface area contributed by atoms with Crippen LogP contribution in [0.1, 0.15) is 37.7 Å². The fourth-order valence-corrected chi connectivity index (χ4v) is 3.53. The molecule has 0 spiro atoms. The van der Waals surface area contributed by atoms with Gasteiger partial charge in [0, 0.05) is 12.2 Å². The molecule has 1 aromatic carbocycles. The molecule has 1 aromatic rings. The van der Waals surface area contributed by atoms with Crippen molar-refractivity contribution in [2.24, 2.45) is 0 Å². The van der Waals surface area contributed by atoms with Crippen LogP contribution in [0.25, 0.3) is 0 Å². The second kappa shape index (κ2) is 5.96. The van der Waals surface area contributed by atoms with Crippen molar-refractivity contribution in [2.75, 3.05) is 18.0 Å². The molecule has 1 amide bonds. The number of carbonyl (C=O) groups is 1. The molecule has 3 rings (SSSR count). The number of nitriles is 1. The zero-order valence-corrected chi connectivity index (χ0v) is 12.6. The highest BCUT2D eigenvalue weighted by atomic mass is 19.1. The molecule has 0 bridgehead atoms. The van der Waals surface area contributed by atoms with Gasteiger partial charge in [0.15, 0.2) is 0 Å². The normalized spacial score (nSPS) is 19.4. The van der Waals surface area contributed by atoms with Gasteiger partial charge in [0.05, 0.1) is 12.6 Å². The molecule has 0 aromatic heterocycles. The lowest BCUT2D eigenvalue weighted by Crippen LogP contribution is -2.49. The Bertz CT molecular complexity index is 617. The van der Waals surface area contributed by atoms with Gasteiger partial charge in [-0.15, -0.1) is 0 Å². The number of hydrogen-bond donors (Lipinski definition) is 1. The van der Waals surface area contributed by atoms with Crippen LogP contribution < -0.4 is 10.2 Å². The summed E-state index contributed by atoms with van der Waals surface area (Å²) >= 11 is 0. The van der Waals surface area contributed by atoms with Crippen LogP contribution in [0, 0.1) is 17.1 Å². The number of carbonyl (C=O) groups excluding carboxylic acids is 1. The number of halogens is 1. The molecule has 22 heavy (non-hydrogen) atoms. The van der Waals surface area contributed by atoms with E-state index in [-0.39, 0.29) is 18.3 Å². The molecule has 1 aliphatic carbocycles. The van der Waals surface area contributed by atoms with Crippen LogP contribution in [0.4, 0.5) is 10.1 Å². The van der Waals surface area contributed by atoms with Crippen molar-refractivity contribution in [3.05, 3.63) is 29.6 Å². The maximum absolute atomic E-state index is 13.3. The number of fused-ring (bicyclic) bond motifs is 1. The summed E-state index contributed by atoms with van der Waals surface area (Å²) in [6.07, 6.45) is 5.19. The Balaban J connectivity index is 1.69. The lowest BCUT2D eigenvalue weighted by molar-refractivity contribution is -0.121. The molecule has 0 radical (unpaired) electrons. The largest absolute Gasteiger partial charge is 0.362 e. The smallest absolute Gasteiger partial charge is 0.240 e. The molecule has 4 nitrogen and oxygen atoms in total. The van der Waals surface area contributed by atoms with Gasteiger partial charge in [-0.25, -0.2) is 4.39 Å². The van der Waals surface area contributed by atoms with Gasteiger partial charge >= 0.3 is 0 Å². The molecule has 1 saturated carbocycles. The maximum atomic E-state index is 13.3. The van der Waals surface area contributed by atoms with E-state index in [0.29, 0.717) is 0 Å². The maximum Gasteiger partial charge on any atom is 0.240 e. The molecular weight excluding hydrogens is 281 g/mol. The average Bonchev–Trinajstić information content (AvgIpc) is 2.96. The van der Waals surface area contributed by atoms with Crippen molar-refractivity contribution < 1.29 is 9.18 Å². The molecule has 1 heterocycles. The van der Waals surface area contributed by atoms with Crippen LogP contribution in [0.5, 0.6) is 0 Å². The van der Waals surface area contributed by atoms with E-state index in [4.69, 9.17) is 0 Å². The summed E-state index contributed by atoms with van der Waals surface area (Å²) in [5.41, 5.74) is 1.20. The van der Waals surface area contributed by atoms with E-state index in [9.17, 15) is 14.4 Å². The van der Waals surface area contributed by atoms with Gasteiger partial charge < -0.3 is 10.2 Å². The topological polar surface area (TPSA) is 56.1 Å². The van der Waals surface area contributed by atoms with Crippen LogP contribution in [-0.2, 0) is 11.2 Å². The molecule has 1 fully saturated rings. The van der Waals surface area contributed by atoms with E-state index in [1.54, 1.807) is 12.1 Å². The number of aryl methyl sites for hydroxylation is 1. The number of nitrogens with one attached hydrogen (secondary N) is 1. The van der Waals surface area contributed by atoms with E-state index in [0.717, 1.165) is 56.3 Å². The summed E-state index contributed by atoms with van der Waals surface area (Å²) in [4.78, 5) is 14.3.